The summed E-state index contributed by atoms with van der Waals surface area (Å²) in [6.07, 6.45) is 3.97. The fraction of sp³-hybridized carbons (Fsp3) is 0.250. The number of ether oxygens (including phenoxy) is 2. The minimum atomic E-state index is -0.0428. The van der Waals surface area contributed by atoms with E-state index in [1.54, 1.807) is 24.5 Å². The van der Waals surface area contributed by atoms with Crippen LogP contribution in [0.1, 0.15) is 34.1 Å². The molecule has 1 amide bonds. The van der Waals surface area contributed by atoms with Crippen molar-refractivity contribution in [2.75, 3.05) is 36.5 Å². The molecule has 1 saturated heterocycles. The molecule has 0 saturated carbocycles. The maximum Gasteiger partial charge on any atom is 0.255 e. The average Bonchev–Trinajstić information content (AvgIpc) is 3.11. The molecule has 0 aliphatic carbocycles. The molecule has 1 unspecified atom stereocenters. The normalized spacial score (nSPS) is 16.1. The van der Waals surface area contributed by atoms with Gasteiger partial charge in [-0.25, -0.2) is 9.97 Å². The monoisotopic (exact) mass is 613 g/mol. The number of amides is 1. The maximum atomic E-state index is 13.3. The molecule has 0 bridgehead atoms. The van der Waals surface area contributed by atoms with Crippen LogP contribution in [0, 0.1) is 0 Å². The molecule has 1 atom stereocenters. The van der Waals surface area contributed by atoms with Gasteiger partial charge < -0.3 is 24.6 Å². The summed E-state index contributed by atoms with van der Waals surface area (Å²) in [4.78, 5) is 36.4. The lowest BCUT2D eigenvalue weighted by atomic mass is 10.0. The van der Waals surface area contributed by atoms with Gasteiger partial charge in [-0.3, -0.25) is 9.78 Å². The van der Waals surface area contributed by atoms with Gasteiger partial charge in [0, 0.05) is 48.4 Å². The summed E-state index contributed by atoms with van der Waals surface area (Å²) in [5.74, 6) is 2.75. The summed E-state index contributed by atoms with van der Waals surface area (Å²) in [5.41, 5.74) is 5.41. The van der Waals surface area contributed by atoms with E-state index in [-0.39, 0.29) is 11.9 Å². The smallest absolute Gasteiger partial charge is 0.255 e. The van der Waals surface area contributed by atoms with E-state index in [1.165, 1.54) is 0 Å². The zero-order chi connectivity index (χ0) is 31.3. The van der Waals surface area contributed by atoms with E-state index >= 15 is 0 Å². The number of anilines is 3. The molecule has 232 valence electrons. The molecule has 5 aromatic rings. The number of fused-ring (bicyclic) bond motifs is 1. The molecule has 5 heterocycles. The van der Waals surface area contributed by atoms with Crippen molar-refractivity contribution in [3.8, 4) is 17.3 Å². The van der Waals surface area contributed by atoms with E-state index in [0.29, 0.717) is 62.4 Å². The topological polar surface area (TPSA) is 106 Å². The van der Waals surface area contributed by atoms with Gasteiger partial charge >= 0.3 is 0 Å². The Bertz CT molecular complexity index is 1800. The lowest BCUT2D eigenvalue weighted by Gasteiger charge is -2.37. The minimum absolute atomic E-state index is 0.0428. The highest BCUT2D eigenvalue weighted by atomic mass is 16.5. The van der Waals surface area contributed by atoms with Crippen LogP contribution in [0.4, 0.5) is 17.3 Å². The first-order valence-electron chi connectivity index (χ1n) is 15.6. The van der Waals surface area contributed by atoms with Crippen LogP contribution in [0.2, 0.25) is 0 Å². The van der Waals surface area contributed by atoms with Crippen LogP contribution in [-0.2, 0) is 24.3 Å². The van der Waals surface area contributed by atoms with E-state index in [1.807, 2.05) is 77.7 Å². The van der Waals surface area contributed by atoms with Crippen LogP contribution < -0.4 is 15.0 Å². The largest absolute Gasteiger partial charge is 0.473 e. The summed E-state index contributed by atoms with van der Waals surface area (Å²) in [5, 5.41) is 3.37. The van der Waals surface area contributed by atoms with Crippen molar-refractivity contribution < 1.29 is 14.3 Å². The van der Waals surface area contributed by atoms with Crippen molar-refractivity contribution in [2.24, 2.45) is 0 Å². The van der Waals surface area contributed by atoms with Gasteiger partial charge in [0.15, 0.2) is 5.82 Å². The molecule has 1 fully saturated rings. The van der Waals surface area contributed by atoms with Gasteiger partial charge in [0.1, 0.15) is 18.2 Å². The highest BCUT2D eigenvalue weighted by Gasteiger charge is 2.30. The van der Waals surface area contributed by atoms with E-state index in [0.717, 1.165) is 40.4 Å². The van der Waals surface area contributed by atoms with Crippen LogP contribution in [0.3, 0.4) is 0 Å². The summed E-state index contributed by atoms with van der Waals surface area (Å²) < 4.78 is 11.6. The minimum Gasteiger partial charge on any atom is -0.473 e. The van der Waals surface area contributed by atoms with Crippen molar-refractivity contribution in [3.63, 3.8) is 0 Å². The van der Waals surface area contributed by atoms with Crippen LogP contribution in [0.25, 0.3) is 11.4 Å². The number of carbonyl (C=O) groups is 1. The van der Waals surface area contributed by atoms with Crippen LogP contribution in [-0.4, -0.2) is 63.1 Å². The standard InChI is InChI=1S/C36H35N7O3/c1-25-23-45-20-19-43(25)35-30-16-18-42(36(44)28-9-6-17-37-21-28)22-31(30)39-34(41-35)27-12-14-29(15-13-27)38-32-10-5-11-33(40-32)46-24-26-7-3-2-4-8-26/h2-15,17,21,25H,16,18-20,22-24H2,1H3,(H,38,40). The molecule has 7 rings (SSSR count). The Morgan fingerprint density at radius 2 is 1.83 bits per heavy atom. The second-order valence-corrected chi connectivity index (χ2v) is 11.5. The first kappa shape index (κ1) is 29.4. The Labute approximate surface area is 268 Å². The number of nitrogens with zero attached hydrogens (tertiary/aromatic N) is 6. The summed E-state index contributed by atoms with van der Waals surface area (Å²) in [6, 6.07) is 27.5. The van der Waals surface area contributed by atoms with Crippen molar-refractivity contribution >= 4 is 23.2 Å². The number of carbonyl (C=O) groups excluding carboxylic acids is 1. The lowest BCUT2D eigenvalue weighted by molar-refractivity contribution is 0.0731. The third-order valence-corrected chi connectivity index (χ3v) is 8.25. The second-order valence-electron chi connectivity index (χ2n) is 11.5. The van der Waals surface area contributed by atoms with Gasteiger partial charge in [-0.05, 0) is 61.4 Å². The van der Waals surface area contributed by atoms with E-state index in [9.17, 15) is 4.79 Å². The van der Waals surface area contributed by atoms with Gasteiger partial charge in [0.25, 0.3) is 5.91 Å². The predicted octanol–water partition coefficient (Wildman–Crippen LogP) is 5.68. The number of rotatable bonds is 8. The highest BCUT2D eigenvalue weighted by molar-refractivity contribution is 5.94. The Kier molecular flexibility index (Phi) is 8.51. The van der Waals surface area contributed by atoms with E-state index < -0.39 is 0 Å². The van der Waals surface area contributed by atoms with E-state index in [4.69, 9.17) is 19.4 Å². The molecule has 0 spiro atoms. The fourth-order valence-electron chi connectivity index (χ4n) is 5.81. The highest BCUT2D eigenvalue weighted by Crippen LogP contribution is 2.32. The van der Waals surface area contributed by atoms with Gasteiger partial charge in [-0.1, -0.05) is 36.4 Å². The fourth-order valence-corrected chi connectivity index (χ4v) is 5.81. The Morgan fingerprint density at radius 3 is 2.63 bits per heavy atom. The first-order chi connectivity index (χ1) is 22.6. The molecule has 10 heteroatoms. The lowest BCUT2D eigenvalue weighted by Crippen LogP contribution is -2.45. The molecule has 10 nitrogen and oxygen atoms in total. The Morgan fingerprint density at radius 1 is 0.957 bits per heavy atom. The van der Waals surface area contributed by atoms with E-state index in [2.05, 4.69) is 27.1 Å². The van der Waals surface area contributed by atoms with Gasteiger partial charge in [0.2, 0.25) is 5.88 Å². The summed E-state index contributed by atoms with van der Waals surface area (Å²) >= 11 is 0. The molecule has 46 heavy (non-hydrogen) atoms. The van der Waals surface area contributed by atoms with Crippen molar-refractivity contribution in [2.45, 2.75) is 32.5 Å². The molecule has 2 aliphatic heterocycles. The molecule has 2 aliphatic rings. The third kappa shape index (κ3) is 6.52. The molecule has 0 radical (unpaired) electrons. The molecule has 3 aromatic heterocycles. The number of pyridine rings is 2. The van der Waals surface area contributed by atoms with Gasteiger partial charge in [-0.15, -0.1) is 0 Å². The maximum absolute atomic E-state index is 13.3. The number of benzene rings is 2. The second kappa shape index (κ2) is 13.3. The molecule has 2 aromatic carbocycles. The molecular formula is C36H35N7O3. The third-order valence-electron chi connectivity index (χ3n) is 8.25. The van der Waals surface area contributed by atoms with Crippen molar-refractivity contribution in [1.29, 1.82) is 0 Å². The summed E-state index contributed by atoms with van der Waals surface area (Å²) in [7, 11) is 0. The number of hydrogen-bond donors (Lipinski definition) is 1. The number of hydrogen-bond acceptors (Lipinski definition) is 9. The SMILES string of the molecule is CC1COCCN1c1nc(-c2ccc(Nc3cccc(OCc4ccccc4)n3)cc2)nc2c1CCN(C(=O)c1cccnc1)C2. The van der Waals surface area contributed by atoms with Gasteiger partial charge in [0.05, 0.1) is 37.1 Å². The van der Waals surface area contributed by atoms with Crippen LogP contribution >= 0.6 is 0 Å². The molecular weight excluding hydrogens is 578 g/mol. The Balaban J connectivity index is 1.12. The zero-order valence-corrected chi connectivity index (χ0v) is 25.7. The molecule has 1 N–H and O–H groups in total. The van der Waals surface area contributed by atoms with Crippen molar-refractivity contribution in [1.82, 2.24) is 24.8 Å². The number of nitrogens with one attached hydrogen (secondary N) is 1. The van der Waals surface area contributed by atoms with Gasteiger partial charge in [-0.2, -0.15) is 4.98 Å². The summed E-state index contributed by atoms with van der Waals surface area (Å²) in [6.45, 7) is 5.67. The Hall–Kier alpha value is -5.35. The van der Waals surface area contributed by atoms with Crippen LogP contribution in [0.15, 0.2) is 97.3 Å². The van der Waals surface area contributed by atoms with Crippen LogP contribution in [0.5, 0.6) is 5.88 Å². The van der Waals surface area contributed by atoms with Crippen molar-refractivity contribution in [3.05, 3.63) is 120 Å². The zero-order valence-electron chi connectivity index (χ0n) is 25.7. The quantitative estimate of drug-likeness (QED) is 0.237. The average molecular weight is 614 g/mol. The number of aromatic nitrogens is 4. The number of morpholine rings is 1. The predicted molar refractivity (Wildman–Crippen MR) is 176 cm³/mol. The first-order valence-corrected chi connectivity index (χ1v) is 15.6.